The van der Waals surface area contributed by atoms with Crippen molar-refractivity contribution in [2.75, 3.05) is 7.05 Å². The molecule has 0 aliphatic heterocycles. The molecule has 0 radical (unpaired) electrons. The number of hydrogen-bond acceptors (Lipinski definition) is 3. The van der Waals surface area contributed by atoms with Crippen LogP contribution in [0.4, 0.5) is 0 Å². The topological polar surface area (TPSA) is 59.2 Å². The summed E-state index contributed by atoms with van der Waals surface area (Å²) in [6.45, 7) is 3.05. The van der Waals surface area contributed by atoms with Gasteiger partial charge in [0.2, 0.25) is 0 Å². The first-order valence-electron chi connectivity index (χ1n) is 7.12. The molecule has 4 nitrogen and oxygen atoms in total. The standard InChI is InChI=1S/C17H21N3O.ClH/c1-3-13-4-6-14(7-5-13)12-20(2)17(21)15-8-9-19-16(10-15)11-18;/h4-10H,3,11-12,18H2,1-2H3;1H. The number of halogens is 1. The molecule has 0 fully saturated rings. The first-order valence-corrected chi connectivity index (χ1v) is 7.12. The molecule has 1 amide bonds. The Labute approximate surface area is 137 Å². The van der Waals surface area contributed by atoms with E-state index in [0.717, 1.165) is 17.7 Å². The van der Waals surface area contributed by atoms with Gasteiger partial charge in [-0.25, -0.2) is 0 Å². The predicted octanol–water partition coefficient (Wildman–Crippen LogP) is 2.80. The number of pyridine rings is 1. The second kappa shape index (κ2) is 8.51. The molecule has 0 unspecified atom stereocenters. The Kier molecular flexibility index (Phi) is 7.02. The molecule has 2 rings (SSSR count). The molecule has 0 atom stereocenters. The number of carbonyl (C=O) groups is 1. The third kappa shape index (κ3) is 4.55. The van der Waals surface area contributed by atoms with Crippen LogP contribution in [0.15, 0.2) is 42.6 Å². The van der Waals surface area contributed by atoms with Crippen molar-refractivity contribution in [3.63, 3.8) is 0 Å². The van der Waals surface area contributed by atoms with Crippen molar-refractivity contribution in [3.8, 4) is 0 Å². The number of rotatable bonds is 5. The average Bonchev–Trinajstić information content (AvgIpc) is 2.54. The summed E-state index contributed by atoms with van der Waals surface area (Å²) < 4.78 is 0. The molecule has 0 aliphatic rings. The molecule has 0 saturated heterocycles. The molecule has 5 heteroatoms. The van der Waals surface area contributed by atoms with Gasteiger partial charge in [-0.2, -0.15) is 0 Å². The average molecular weight is 320 g/mol. The smallest absolute Gasteiger partial charge is 0.254 e. The second-order valence-corrected chi connectivity index (χ2v) is 5.07. The fraction of sp³-hybridized carbons (Fsp3) is 0.294. The number of aryl methyl sites for hydroxylation is 1. The predicted molar refractivity (Wildman–Crippen MR) is 91.0 cm³/mol. The molecule has 0 aliphatic carbocycles. The van der Waals surface area contributed by atoms with Gasteiger partial charge in [-0.05, 0) is 29.7 Å². The lowest BCUT2D eigenvalue weighted by atomic mass is 10.1. The Hall–Kier alpha value is -1.91. The summed E-state index contributed by atoms with van der Waals surface area (Å²) in [5.74, 6) is -0.0216. The van der Waals surface area contributed by atoms with E-state index in [0.29, 0.717) is 18.7 Å². The zero-order valence-corrected chi connectivity index (χ0v) is 13.8. The van der Waals surface area contributed by atoms with Crippen molar-refractivity contribution in [2.24, 2.45) is 5.73 Å². The molecular weight excluding hydrogens is 298 g/mol. The maximum atomic E-state index is 12.4. The van der Waals surface area contributed by atoms with E-state index in [1.54, 1.807) is 30.3 Å². The quantitative estimate of drug-likeness (QED) is 0.922. The molecule has 2 aromatic rings. The lowest BCUT2D eigenvalue weighted by Gasteiger charge is -2.17. The third-order valence-corrected chi connectivity index (χ3v) is 3.47. The molecule has 0 bridgehead atoms. The number of amides is 1. The van der Waals surface area contributed by atoms with E-state index in [4.69, 9.17) is 5.73 Å². The van der Waals surface area contributed by atoms with Gasteiger partial charge in [-0.1, -0.05) is 31.2 Å². The maximum absolute atomic E-state index is 12.4. The summed E-state index contributed by atoms with van der Waals surface area (Å²) in [5, 5.41) is 0. The molecule has 1 aromatic carbocycles. The van der Waals surface area contributed by atoms with Gasteiger partial charge in [0, 0.05) is 31.9 Å². The van der Waals surface area contributed by atoms with E-state index < -0.39 is 0 Å². The molecule has 0 spiro atoms. The van der Waals surface area contributed by atoms with Crippen LogP contribution >= 0.6 is 12.4 Å². The minimum Gasteiger partial charge on any atom is -0.337 e. The van der Waals surface area contributed by atoms with Crippen LogP contribution in [0.3, 0.4) is 0 Å². The molecule has 0 saturated carbocycles. The van der Waals surface area contributed by atoms with E-state index in [9.17, 15) is 4.79 Å². The Bertz CT molecular complexity index is 614. The minimum absolute atomic E-state index is 0. The van der Waals surface area contributed by atoms with Gasteiger partial charge in [-0.3, -0.25) is 9.78 Å². The Morgan fingerprint density at radius 2 is 1.82 bits per heavy atom. The molecule has 1 aromatic heterocycles. The van der Waals surface area contributed by atoms with E-state index in [1.807, 2.05) is 0 Å². The van der Waals surface area contributed by atoms with Crippen molar-refractivity contribution in [3.05, 3.63) is 65.0 Å². The van der Waals surface area contributed by atoms with Crippen LogP contribution in [-0.4, -0.2) is 22.8 Å². The fourth-order valence-corrected chi connectivity index (χ4v) is 2.17. The number of hydrogen-bond donors (Lipinski definition) is 1. The van der Waals surface area contributed by atoms with Crippen LogP contribution in [-0.2, 0) is 19.5 Å². The maximum Gasteiger partial charge on any atom is 0.254 e. The first-order chi connectivity index (χ1) is 10.1. The number of carbonyl (C=O) groups excluding carboxylic acids is 1. The molecular formula is C17H22ClN3O. The Balaban J connectivity index is 0.00000242. The number of nitrogens with two attached hydrogens (primary N) is 1. The van der Waals surface area contributed by atoms with Gasteiger partial charge in [0.25, 0.3) is 5.91 Å². The van der Waals surface area contributed by atoms with Crippen LogP contribution in [0.5, 0.6) is 0 Å². The van der Waals surface area contributed by atoms with Crippen molar-refractivity contribution in [1.29, 1.82) is 0 Å². The summed E-state index contributed by atoms with van der Waals surface area (Å²) in [5.41, 5.74) is 9.33. The highest BCUT2D eigenvalue weighted by atomic mass is 35.5. The molecule has 22 heavy (non-hydrogen) atoms. The fourth-order valence-electron chi connectivity index (χ4n) is 2.17. The molecule has 2 N–H and O–H groups in total. The van der Waals surface area contributed by atoms with Gasteiger partial charge in [0.15, 0.2) is 0 Å². The van der Waals surface area contributed by atoms with Crippen LogP contribution in [0.25, 0.3) is 0 Å². The summed E-state index contributed by atoms with van der Waals surface area (Å²) in [7, 11) is 1.80. The lowest BCUT2D eigenvalue weighted by molar-refractivity contribution is 0.0785. The molecule has 118 valence electrons. The summed E-state index contributed by atoms with van der Waals surface area (Å²) in [6, 6.07) is 11.8. The summed E-state index contributed by atoms with van der Waals surface area (Å²) >= 11 is 0. The largest absolute Gasteiger partial charge is 0.337 e. The lowest BCUT2D eigenvalue weighted by Crippen LogP contribution is -2.26. The Morgan fingerprint density at radius 3 is 2.41 bits per heavy atom. The van der Waals surface area contributed by atoms with Gasteiger partial charge >= 0.3 is 0 Å². The monoisotopic (exact) mass is 319 g/mol. The normalized spacial score (nSPS) is 9.95. The van der Waals surface area contributed by atoms with Crippen molar-refractivity contribution in [2.45, 2.75) is 26.4 Å². The van der Waals surface area contributed by atoms with Crippen molar-refractivity contribution < 1.29 is 4.79 Å². The number of benzene rings is 1. The van der Waals surface area contributed by atoms with Crippen LogP contribution in [0, 0.1) is 0 Å². The SMILES string of the molecule is CCc1ccc(CN(C)C(=O)c2ccnc(CN)c2)cc1.Cl. The van der Waals surface area contributed by atoms with Gasteiger partial charge in [0.05, 0.1) is 5.69 Å². The Morgan fingerprint density at radius 1 is 1.18 bits per heavy atom. The van der Waals surface area contributed by atoms with E-state index in [-0.39, 0.29) is 18.3 Å². The van der Waals surface area contributed by atoms with Crippen LogP contribution < -0.4 is 5.73 Å². The van der Waals surface area contributed by atoms with Crippen LogP contribution in [0.2, 0.25) is 0 Å². The van der Waals surface area contributed by atoms with E-state index in [2.05, 4.69) is 36.2 Å². The first kappa shape index (κ1) is 18.1. The minimum atomic E-state index is -0.0216. The highest BCUT2D eigenvalue weighted by Crippen LogP contribution is 2.10. The highest BCUT2D eigenvalue weighted by molar-refractivity contribution is 5.94. The van der Waals surface area contributed by atoms with Gasteiger partial charge in [0.1, 0.15) is 0 Å². The number of aromatic nitrogens is 1. The summed E-state index contributed by atoms with van der Waals surface area (Å²) in [6.07, 6.45) is 2.65. The van der Waals surface area contributed by atoms with E-state index in [1.165, 1.54) is 5.56 Å². The summed E-state index contributed by atoms with van der Waals surface area (Å²) in [4.78, 5) is 18.2. The van der Waals surface area contributed by atoms with Gasteiger partial charge in [-0.15, -0.1) is 12.4 Å². The second-order valence-electron chi connectivity index (χ2n) is 5.07. The van der Waals surface area contributed by atoms with E-state index >= 15 is 0 Å². The third-order valence-electron chi connectivity index (χ3n) is 3.47. The van der Waals surface area contributed by atoms with Crippen molar-refractivity contribution >= 4 is 18.3 Å². The molecule has 1 heterocycles. The highest BCUT2D eigenvalue weighted by Gasteiger charge is 2.12. The van der Waals surface area contributed by atoms with Crippen molar-refractivity contribution in [1.82, 2.24) is 9.88 Å². The van der Waals surface area contributed by atoms with Crippen LogP contribution in [0.1, 0.15) is 34.1 Å². The van der Waals surface area contributed by atoms with Gasteiger partial charge < -0.3 is 10.6 Å². The zero-order valence-electron chi connectivity index (χ0n) is 13.0. The zero-order chi connectivity index (χ0) is 15.2. The number of nitrogens with zero attached hydrogens (tertiary/aromatic N) is 2.